The third-order valence-electron chi connectivity index (χ3n) is 8.95. The van der Waals surface area contributed by atoms with Gasteiger partial charge in [0.15, 0.2) is 18.0 Å². The van der Waals surface area contributed by atoms with Gasteiger partial charge in [-0.3, -0.25) is 14.5 Å². The van der Waals surface area contributed by atoms with Gasteiger partial charge in [-0.25, -0.2) is 9.79 Å². The molecule has 3 amide bonds. The number of aliphatic imine (C=N–C) groups is 1. The Bertz CT molecular complexity index is 1760. The molecule has 214 valence electrons. The van der Waals surface area contributed by atoms with Gasteiger partial charge < -0.3 is 19.9 Å². The maximum absolute atomic E-state index is 13.8. The lowest BCUT2D eigenvalue weighted by Crippen LogP contribution is -2.63. The molecule has 3 atom stereocenters. The zero-order valence-electron chi connectivity index (χ0n) is 24.3. The number of Topliss-reactive ketones (excluding diaryl/α,β-unsaturated/α-hetero) is 1. The minimum Gasteiger partial charge on any atom is -0.426 e. The van der Waals surface area contributed by atoms with Crippen molar-refractivity contribution in [2.45, 2.75) is 44.9 Å². The second kappa shape index (κ2) is 9.17. The molecule has 0 saturated carbocycles. The minimum absolute atomic E-state index is 0.140. The standard InChI is InChI=1S/C33H33N5O4/c1-33(2)16-22-25-21-12-7-6-9-18(21)13-14-23(25)34-27(26(22)24(39)17-33)19-10-8-11-20(15-19)42-31-35-29-28(36(31)3)30(40)38(5)32(41)37(29)4/h6-15,27-29,34H,16-17H2,1-5H3/t27-,28-,29-/m0/s1. The number of allylic oxidation sites excluding steroid dienone is 1. The van der Waals surface area contributed by atoms with E-state index in [1.54, 1.807) is 19.0 Å². The minimum atomic E-state index is -0.661. The maximum Gasteiger partial charge on any atom is 0.328 e. The average molecular weight is 564 g/mol. The second-order valence-corrected chi connectivity index (χ2v) is 12.5. The normalized spacial score (nSPS) is 24.8. The Labute approximate surface area is 244 Å². The van der Waals surface area contributed by atoms with Crippen molar-refractivity contribution in [1.82, 2.24) is 14.7 Å². The largest absolute Gasteiger partial charge is 0.426 e. The van der Waals surface area contributed by atoms with E-state index < -0.39 is 18.2 Å². The van der Waals surface area contributed by atoms with Gasteiger partial charge in [-0.1, -0.05) is 56.3 Å². The fourth-order valence-electron chi connectivity index (χ4n) is 6.88. The van der Waals surface area contributed by atoms with Crippen molar-refractivity contribution >= 4 is 45.8 Å². The summed E-state index contributed by atoms with van der Waals surface area (Å²) in [6.45, 7) is 4.32. The molecular formula is C33H33N5O4. The van der Waals surface area contributed by atoms with Crippen LogP contribution in [0.5, 0.6) is 5.75 Å². The van der Waals surface area contributed by atoms with Crippen LogP contribution < -0.4 is 10.1 Å². The van der Waals surface area contributed by atoms with E-state index in [0.29, 0.717) is 12.2 Å². The van der Waals surface area contributed by atoms with Gasteiger partial charge in [0.2, 0.25) is 0 Å². The molecule has 1 saturated heterocycles. The first-order chi connectivity index (χ1) is 20.0. The third kappa shape index (κ3) is 3.90. The zero-order valence-corrected chi connectivity index (χ0v) is 24.3. The fraction of sp³-hybridized carbons (Fsp3) is 0.333. The third-order valence-corrected chi connectivity index (χ3v) is 8.95. The van der Waals surface area contributed by atoms with Crippen molar-refractivity contribution in [1.29, 1.82) is 0 Å². The number of amides is 3. The van der Waals surface area contributed by atoms with Crippen molar-refractivity contribution in [2.24, 2.45) is 10.4 Å². The summed E-state index contributed by atoms with van der Waals surface area (Å²) in [5.41, 5.74) is 4.80. The van der Waals surface area contributed by atoms with Crippen LogP contribution in [0.15, 0.2) is 71.2 Å². The summed E-state index contributed by atoms with van der Waals surface area (Å²) in [6, 6.07) is 19.1. The van der Waals surface area contributed by atoms with Crippen LogP contribution in [0.1, 0.15) is 43.9 Å². The van der Waals surface area contributed by atoms with Gasteiger partial charge in [0.05, 0.1) is 6.04 Å². The molecule has 0 unspecified atom stereocenters. The highest BCUT2D eigenvalue weighted by atomic mass is 16.5. The summed E-state index contributed by atoms with van der Waals surface area (Å²) in [7, 11) is 4.85. The van der Waals surface area contributed by atoms with Crippen molar-refractivity contribution < 1.29 is 19.1 Å². The Morgan fingerprint density at radius 1 is 0.929 bits per heavy atom. The molecule has 9 heteroatoms. The molecule has 0 bridgehead atoms. The van der Waals surface area contributed by atoms with E-state index in [4.69, 9.17) is 4.74 Å². The molecule has 0 aromatic heterocycles. The number of ether oxygens (including phenoxy) is 1. The average Bonchev–Trinajstić information content (AvgIpc) is 3.29. The van der Waals surface area contributed by atoms with Crippen molar-refractivity contribution in [3.8, 4) is 5.75 Å². The highest BCUT2D eigenvalue weighted by Crippen LogP contribution is 2.52. The molecule has 3 aromatic carbocycles. The van der Waals surface area contributed by atoms with E-state index in [-0.39, 0.29) is 29.2 Å². The van der Waals surface area contributed by atoms with Crippen LogP contribution >= 0.6 is 0 Å². The molecule has 4 aliphatic rings. The highest BCUT2D eigenvalue weighted by molar-refractivity contribution is 6.13. The van der Waals surface area contributed by atoms with E-state index >= 15 is 0 Å². The number of hydrogen-bond donors (Lipinski definition) is 1. The van der Waals surface area contributed by atoms with Crippen LogP contribution in [0.25, 0.3) is 16.3 Å². The van der Waals surface area contributed by atoms with E-state index in [0.717, 1.165) is 50.1 Å². The molecule has 3 aliphatic heterocycles. The predicted molar refractivity (Wildman–Crippen MR) is 161 cm³/mol. The second-order valence-electron chi connectivity index (χ2n) is 12.5. The zero-order chi connectivity index (χ0) is 29.5. The van der Waals surface area contributed by atoms with Gasteiger partial charge in [0.1, 0.15) is 5.75 Å². The number of fused-ring (bicyclic) bond motifs is 5. The van der Waals surface area contributed by atoms with Crippen LogP contribution in [0.2, 0.25) is 0 Å². The van der Waals surface area contributed by atoms with Gasteiger partial charge in [0.25, 0.3) is 11.9 Å². The van der Waals surface area contributed by atoms with Crippen LogP contribution in [0.4, 0.5) is 10.5 Å². The molecule has 0 spiro atoms. The van der Waals surface area contributed by atoms with Crippen LogP contribution in [-0.4, -0.2) is 71.8 Å². The van der Waals surface area contributed by atoms with Crippen molar-refractivity contribution in [3.05, 3.63) is 77.4 Å². The molecule has 3 aromatic rings. The number of nitrogens with one attached hydrogen (secondary N) is 1. The Balaban J connectivity index is 1.27. The molecule has 42 heavy (non-hydrogen) atoms. The lowest BCUT2D eigenvalue weighted by atomic mass is 9.68. The number of rotatable bonds is 2. The number of carbonyl (C=O) groups is 3. The van der Waals surface area contributed by atoms with E-state index in [2.05, 4.69) is 48.4 Å². The summed E-state index contributed by atoms with van der Waals surface area (Å²) in [6.07, 6.45) is 0.633. The number of urea groups is 1. The Hall–Kier alpha value is -4.66. The van der Waals surface area contributed by atoms with Crippen molar-refractivity contribution in [2.75, 3.05) is 26.5 Å². The first-order valence-electron chi connectivity index (χ1n) is 14.2. The maximum atomic E-state index is 13.8. The molecular weight excluding hydrogens is 530 g/mol. The van der Waals surface area contributed by atoms with Gasteiger partial charge in [0, 0.05) is 44.4 Å². The summed E-state index contributed by atoms with van der Waals surface area (Å²) in [5.74, 6) is 0.365. The monoisotopic (exact) mass is 563 g/mol. The van der Waals surface area contributed by atoms with Gasteiger partial charge >= 0.3 is 6.03 Å². The molecule has 1 N–H and O–H groups in total. The Kier molecular flexibility index (Phi) is 5.73. The smallest absolute Gasteiger partial charge is 0.328 e. The van der Waals surface area contributed by atoms with E-state index in [9.17, 15) is 14.4 Å². The molecule has 1 fully saturated rings. The Morgan fingerprint density at radius 3 is 2.52 bits per heavy atom. The summed E-state index contributed by atoms with van der Waals surface area (Å²) >= 11 is 0. The Morgan fingerprint density at radius 2 is 1.71 bits per heavy atom. The number of benzene rings is 3. The molecule has 1 aliphatic carbocycles. The highest BCUT2D eigenvalue weighted by Gasteiger charge is 2.50. The lowest BCUT2D eigenvalue weighted by Gasteiger charge is -2.40. The van der Waals surface area contributed by atoms with Gasteiger partial charge in [-0.15, -0.1) is 0 Å². The number of hydrogen-bond acceptors (Lipinski definition) is 7. The number of likely N-dealkylation sites (N-methyl/N-ethyl adjacent to an activating group) is 3. The lowest BCUT2D eigenvalue weighted by molar-refractivity contribution is -0.135. The summed E-state index contributed by atoms with van der Waals surface area (Å²) in [5, 5.41) is 5.97. The van der Waals surface area contributed by atoms with E-state index in [1.165, 1.54) is 11.9 Å². The number of imide groups is 1. The topological polar surface area (TPSA) is 94.5 Å². The number of nitrogens with zero attached hydrogens (tertiary/aromatic N) is 4. The number of anilines is 1. The number of carbonyl (C=O) groups excluding carboxylic acids is 3. The molecule has 7 rings (SSSR count). The SMILES string of the molecule is CN1C(=O)[C@@H]2[C@@H](N=C(Oc3cccc([C@@H]4Nc5ccc6ccccc6c5C5=C4C(=O)CC(C)(C)C5)c3)N2C)N(C)C1=O. The van der Waals surface area contributed by atoms with Crippen LogP contribution in [0, 0.1) is 5.41 Å². The first kappa shape index (κ1) is 26.3. The summed E-state index contributed by atoms with van der Waals surface area (Å²) in [4.78, 5) is 48.0. The van der Waals surface area contributed by atoms with Crippen molar-refractivity contribution in [3.63, 3.8) is 0 Å². The predicted octanol–water partition coefficient (Wildman–Crippen LogP) is 5.05. The van der Waals surface area contributed by atoms with Crippen LogP contribution in [0.3, 0.4) is 0 Å². The molecule has 0 radical (unpaired) electrons. The van der Waals surface area contributed by atoms with E-state index in [1.807, 2.05) is 36.4 Å². The van der Waals surface area contributed by atoms with Gasteiger partial charge in [-0.2, -0.15) is 0 Å². The molecule has 3 heterocycles. The number of ketones is 1. The quantitative estimate of drug-likeness (QED) is 0.469. The van der Waals surface area contributed by atoms with Crippen LogP contribution in [-0.2, 0) is 9.59 Å². The number of amidine groups is 1. The fourth-order valence-corrected chi connectivity index (χ4v) is 6.88. The molecule has 9 nitrogen and oxygen atoms in total. The summed E-state index contributed by atoms with van der Waals surface area (Å²) < 4.78 is 6.24. The van der Waals surface area contributed by atoms with Gasteiger partial charge in [-0.05, 0) is 51.9 Å². The first-order valence-corrected chi connectivity index (χ1v) is 14.2.